The Bertz CT molecular complexity index is 941. The molecule has 0 radical (unpaired) electrons. The second-order valence-corrected chi connectivity index (χ2v) is 6.15. The number of anilines is 2. The largest absolute Gasteiger partial charge is 0.497 e. The standard InChI is InChI=1S/C21H22N4O3/c1-14-4-9-19(28-3)17(10-14)25-20-13-22-18(12-23-20)21(26)24-11-15-5-7-16(27-2)8-6-15/h4-10,12-13H,11H2,1-3H3,(H,23,25)(H,24,26). The van der Waals surface area contributed by atoms with Gasteiger partial charge >= 0.3 is 0 Å². The second-order valence-electron chi connectivity index (χ2n) is 6.15. The van der Waals surface area contributed by atoms with Gasteiger partial charge < -0.3 is 20.1 Å². The third-order valence-electron chi connectivity index (χ3n) is 4.11. The predicted molar refractivity (Wildman–Crippen MR) is 107 cm³/mol. The minimum absolute atomic E-state index is 0.246. The van der Waals surface area contributed by atoms with Crippen LogP contribution in [0.4, 0.5) is 11.5 Å². The summed E-state index contributed by atoms with van der Waals surface area (Å²) < 4.78 is 10.5. The highest BCUT2D eigenvalue weighted by Gasteiger charge is 2.09. The van der Waals surface area contributed by atoms with Crippen molar-refractivity contribution in [3.05, 3.63) is 71.7 Å². The van der Waals surface area contributed by atoms with Crippen LogP contribution in [0.3, 0.4) is 0 Å². The molecule has 144 valence electrons. The minimum Gasteiger partial charge on any atom is -0.497 e. The fraction of sp³-hybridized carbons (Fsp3) is 0.190. The van der Waals surface area contributed by atoms with Gasteiger partial charge in [0.15, 0.2) is 0 Å². The molecule has 1 aromatic heterocycles. The summed E-state index contributed by atoms with van der Waals surface area (Å²) in [5.41, 5.74) is 3.08. The molecule has 1 heterocycles. The van der Waals surface area contributed by atoms with Gasteiger partial charge in [-0.1, -0.05) is 18.2 Å². The van der Waals surface area contributed by atoms with Crippen LogP contribution in [0.15, 0.2) is 54.9 Å². The lowest BCUT2D eigenvalue weighted by Gasteiger charge is -2.11. The van der Waals surface area contributed by atoms with E-state index in [1.54, 1.807) is 14.2 Å². The van der Waals surface area contributed by atoms with E-state index in [0.29, 0.717) is 18.1 Å². The maximum Gasteiger partial charge on any atom is 0.271 e. The van der Waals surface area contributed by atoms with Crippen molar-refractivity contribution in [3.8, 4) is 11.5 Å². The van der Waals surface area contributed by atoms with Gasteiger partial charge in [-0.3, -0.25) is 4.79 Å². The minimum atomic E-state index is -0.289. The normalized spacial score (nSPS) is 10.2. The highest BCUT2D eigenvalue weighted by atomic mass is 16.5. The van der Waals surface area contributed by atoms with E-state index in [1.165, 1.54) is 12.4 Å². The average molecular weight is 378 g/mol. The number of rotatable bonds is 7. The van der Waals surface area contributed by atoms with Crippen molar-refractivity contribution in [2.24, 2.45) is 0 Å². The molecular formula is C21H22N4O3. The summed E-state index contributed by atoms with van der Waals surface area (Å²) in [5.74, 6) is 1.71. The van der Waals surface area contributed by atoms with Gasteiger partial charge in [-0.2, -0.15) is 0 Å². The SMILES string of the molecule is COc1ccc(CNC(=O)c2cnc(Nc3cc(C)ccc3OC)cn2)cc1. The number of aryl methyl sites for hydroxylation is 1. The third kappa shape index (κ3) is 4.76. The van der Waals surface area contributed by atoms with Crippen LogP contribution in [-0.4, -0.2) is 30.1 Å². The van der Waals surface area contributed by atoms with Gasteiger partial charge in [-0.15, -0.1) is 0 Å². The van der Waals surface area contributed by atoms with Crippen LogP contribution in [0.25, 0.3) is 0 Å². The monoisotopic (exact) mass is 378 g/mol. The van der Waals surface area contributed by atoms with Crippen LogP contribution >= 0.6 is 0 Å². The quantitative estimate of drug-likeness (QED) is 0.655. The summed E-state index contributed by atoms with van der Waals surface area (Å²) in [5, 5.41) is 5.98. The van der Waals surface area contributed by atoms with Crippen molar-refractivity contribution in [3.63, 3.8) is 0 Å². The zero-order chi connectivity index (χ0) is 19.9. The Morgan fingerprint density at radius 2 is 1.79 bits per heavy atom. The third-order valence-corrected chi connectivity index (χ3v) is 4.11. The Morgan fingerprint density at radius 1 is 1.00 bits per heavy atom. The number of benzene rings is 2. The number of ether oxygens (including phenoxy) is 2. The lowest BCUT2D eigenvalue weighted by Crippen LogP contribution is -2.24. The van der Waals surface area contributed by atoms with Gasteiger partial charge in [0.1, 0.15) is 23.0 Å². The number of carbonyl (C=O) groups is 1. The Morgan fingerprint density at radius 3 is 2.43 bits per heavy atom. The Kier molecular flexibility index (Phi) is 6.06. The van der Waals surface area contributed by atoms with Crippen molar-refractivity contribution in [1.82, 2.24) is 15.3 Å². The van der Waals surface area contributed by atoms with Crippen LogP contribution in [-0.2, 0) is 6.54 Å². The number of methoxy groups -OCH3 is 2. The molecule has 2 aromatic carbocycles. The van der Waals surface area contributed by atoms with Crippen LogP contribution in [0, 0.1) is 6.92 Å². The topological polar surface area (TPSA) is 85.4 Å². The number of hydrogen-bond acceptors (Lipinski definition) is 6. The van der Waals surface area contributed by atoms with Crippen LogP contribution in [0.5, 0.6) is 11.5 Å². The summed E-state index contributed by atoms with van der Waals surface area (Å²) in [6.07, 6.45) is 2.96. The molecule has 0 atom stereocenters. The Balaban J connectivity index is 1.61. The van der Waals surface area contributed by atoms with Crippen LogP contribution < -0.4 is 20.1 Å². The molecule has 0 aliphatic rings. The first-order valence-electron chi connectivity index (χ1n) is 8.74. The van der Waals surface area contributed by atoms with Gasteiger partial charge in [0.25, 0.3) is 5.91 Å². The maximum absolute atomic E-state index is 12.3. The van der Waals surface area contributed by atoms with Gasteiger partial charge in [0.2, 0.25) is 0 Å². The molecule has 7 nitrogen and oxygen atoms in total. The Labute approximate surface area is 163 Å². The highest BCUT2D eigenvalue weighted by Crippen LogP contribution is 2.27. The van der Waals surface area contributed by atoms with Gasteiger partial charge in [0.05, 0.1) is 32.3 Å². The molecule has 0 aliphatic carbocycles. The molecule has 7 heteroatoms. The number of nitrogens with zero attached hydrogens (tertiary/aromatic N) is 2. The first-order chi connectivity index (χ1) is 13.6. The lowest BCUT2D eigenvalue weighted by molar-refractivity contribution is 0.0945. The molecule has 1 amide bonds. The van der Waals surface area contributed by atoms with Crippen molar-refractivity contribution >= 4 is 17.4 Å². The molecule has 0 saturated carbocycles. The fourth-order valence-electron chi connectivity index (χ4n) is 2.58. The van der Waals surface area contributed by atoms with Crippen molar-refractivity contribution in [2.45, 2.75) is 13.5 Å². The summed E-state index contributed by atoms with van der Waals surface area (Å²) in [4.78, 5) is 20.7. The van der Waals surface area contributed by atoms with Gasteiger partial charge in [0, 0.05) is 6.54 Å². The van der Waals surface area contributed by atoms with E-state index in [1.807, 2.05) is 49.4 Å². The van der Waals surface area contributed by atoms with Crippen LogP contribution in [0.1, 0.15) is 21.6 Å². The molecule has 0 fully saturated rings. The van der Waals surface area contributed by atoms with E-state index in [0.717, 1.165) is 22.6 Å². The Hall–Kier alpha value is -3.61. The summed E-state index contributed by atoms with van der Waals surface area (Å²) in [7, 11) is 3.22. The second kappa shape index (κ2) is 8.85. The summed E-state index contributed by atoms with van der Waals surface area (Å²) in [6, 6.07) is 13.3. The van der Waals surface area contributed by atoms with E-state index in [4.69, 9.17) is 9.47 Å². The first-order valence-corrected chi connectivity index (χ1v) is 8.74. The molecular weight excluding hydrogens is 356 g/mol. The number of hydrogen-bond donors (Lipinski definition) is 2. The van der Waals surface area contributed by atoms with E-state index in [2.05, 4.69) is 20.6 Å². The maximum atomic E-state index is 12.3. The average Bonchev–Trinajstić information content (AvgIpc) is 2.73. The lowest BCUT2D eigenvalue weighted by atomic mass is 10.2. The van der Waals surface area contributed by atoms with E-state index < -0.39 is 0 Å². The number of carbonyl (C=O) groups excluding carboxylic acids is 1. The molecule has 2 N–H and O–H groups in total. The first kappa shape index (κ1) is 19.2. The van der Waals surface area contributed by atoms with Gasteiger partial charge in [-0.25, -0.2) is 9.97 Å². The van der Waals surface area contributed by atoms with E-state index in [9.17, 15) is 4.79 Å². The highest BCUT2D eigenvalue weighted by molar-refractivity contribution is 5.92. The molecule has 3 rings (SSSR count). The van der Waals surface area contributed by atoms with Crippen molar-refractivity contribution in [2.75, 3.05) is 19.5 Å². The molecule has 0 spiro atoms. The summed E-state index contributed by atoms with van der Waals surface area (Å²) >= 11 is 0. The molecule has 0 aliphatic heterocycles. The zero-order valence-corrected chi connectivity index (χ0v) is 16.0. The van der Waals surface area contributed by atoms with Crippen molar-refractivity contribution in [1.29, 1.82) is 0 Å². The van der Waals surface area contributed by atoms with Gasteiger partial charge in [-0.05, 0) is 42.3 Å². The number of nitrogens with one attached hydrogen (secondary N) is 2. The van der Waals surface area contributed by atoms with E-state index >= 15 is 0 Å². The molecule has 0 saturated heterocycles. The predicted octanol–water partition coefficient (Wildman–Crippen LogP) is 3.48. The smallest absolute Gasteiger partial charge is 0.271 e. The van der Waals surface area contributed by atoms with Crippen LogP contribution in [0.2, 0.25) is 0 Å². The van der Waals surface area contributed by atoms with Crippen molar-refractivity contribution < 1.29 is 14.3 Å². The molecule has 28 heavy (non-hydrogen) atoms. The molecule has 0 unspecified atom stereocenters. The summed E-state index contributed by atoms with van der Waals surface area (Å²) in [6.45, 7) is 2.39. The zero-order valence-electron chi connectivity index (χ0n) is 16.0. The number of aromatic nitrogens is 2. The van der Waals surface area contributed by atoms with E-state index in [-0.39, 0.29) is 11.6 Å². The number of amides is 1. The molecule has 3 aromatic rings. The molecule has 0 bridgehead atoms. The fourth-order valence-corrected chi connectivity index (χ4v) is 2.58.